The van der Waals surface area contributed by atoms with Crippen LogP contribution in [0.15, 0.2) is 0 Å². The monoisotopic (exact) mass is 200 g/mol. The fraction of sp³-hybridized carbons (Fsp3) is 1.00. The molecule has 0 aromatic carbocycles. The molecular formula is C11H24N2O. The summed E-state index contributed by atoms with van der Waals surface area (Å²) in [5, 5.41) is 0. The van der Waals surface area contributed by atoms with E-state index >= 15 is 0 Å². The molecule has 1 atom stereocenters. The Morgan fingerprint density at radius 3 is 2.79 bits per heavy atom. The van der Waals surface area contributed by atoms with E-state index in [1.807, 2.05) is 0 Å². The number of nitrogens with zero attached hydrogens (tertiary/aromatic N) is 1. The van der Waals surface area contributed by atoms with Gasteiger partial charge in [0.15, 0.2) is 0 Å². The summed E-state index contributed by atoms with van der Waals surface area (Å²) in [6.45, 7) is 8.53. The van der Waals surface area contributed by atoms with Crippen molar-refractivity contribution in [2.45, 2.75) is 45.3 Å². The highest BCUT2D eigenvalue weighted by atomic mass is 16.5. The van der Waals surface area contributed by atoms with E-state index in [2.05, 4.69) is 18.7 Å². The maximum atomic E-state index is 5.83. The van der Waals surface area contributed by atoms with Crippen LogP contribution in [0.1, 0.15) is 33.1 Å². The molecule has 0 radical (unpaired) electrons. The zero-order valence-electron chi connectivity index (χ0n) is 9.54. The molecule has 3 heteroatoms. The molecule has 0 bridgehead atoms. The molecule has 1 aliphatic rings. The number of ether oxygens (including phenoxy) is 1. The molecule has 0 saturated carbocycles. The van der Waals surface area contributed by atoms with Gasteiger partial charge in [-0.15, -0.1) is 0 Å². The number of unbranched alkanes of at least 4 members (excludes halogenated alkanes) is 1. The molecule has 3 nitrogen and oxygen atoms in total. The zero-order chi connectivity index (χ0) is 10.4. The van der Waals surface area contributed by atoms with E-state index in [0.29, 0.717) is 12.1 Å². The van der Waals surface area contributed by atoms with Crippen LogP contribution in [0.5, 0.6) is 0 Å². The third-order valence-electron chi connectivity index (χ3n) is 2.63. The lowest BCUT2D eigenvalue weighted by atomic mass is 10.3. The second-order valence-corrected chi connectivity index (χ2v) is 4.48. The number of rotatable bonds is 6. The minimum atomic E-state index is 0.371. The Hall–Kier alpha value is -0.120. The first-order chi connectivity index (χ1) is 6.68. The fourth-order valence-corrected chi connectivity index (χ4v) is 1.82. The van der Waals surface area contributed by atoms with E-state index in [1.165, 1.54) is 32.4 Å². The topological polar surface area (TPSA) is 38.5 Å². The molecule has 1 fully saturated rings. The van der Waals surface area contributed by atoms with Crippen molar-refractivity contribution in [1.29, 1.82) is 0 Å². The second-order valence-electron chi connectivity index (χ2n) is 4.48. The highest BCUT2D eigenvalue weighted by Gasteiger charge is 2.17. The molecule has 0 aromatic rings. The van der Waals surface area contributed by atoms with Crippen molar-refractivity contribution in [3.63, 3.8) is 0 Å². The van der Waals surface area contributed by atoms with Crippen LogP contribution in [-0.4, -0.2) is 43.3 Å². The van der Waals surface area contributed by atoms with Gasteiger partial charge in [-0.3, -0.25) is 0 Å². The van der Waals surface area contributed by atoms with Gasteiger partial charge < -0.3 is 15.4 Å². The van der Waals surface area contributed by atoms with Gasteiger partial charge in [0.1, 0.15) is 0 Å². The Labute approximate surface area is 87.6 Å². The Morgan fingerprint density at radius 2 is 2.21 bits per heavy atom. The molecule has 0 amide bonds. The minimum absolute atomic E-state index is 0.371. The standard InChI is InChI=1S/C11H24N2O/c1-10(2)14-8-4-3-6-13-7-5-11(12)9-13/h10-11H,3-9,12H2,1-2H3. The average Bonchev–Trinajstić information content (AvgIpc) is 2.50. The van der Waals surface area contributed by atoms with Crippen molar-refractivity contribution in [3.8, 4) is 0 Å². The normalized spacial score (nSPS) is 23.6. The van der Waals surface area contributed by atoms with E-state index in [4.69, 9.17) is 10.5 Å². The van der Waals surface area contributed by atoms with Crippen molar-refractivity contribution in [1.82, 2.24) is 4.90 Å². The molecule has 84 valence electrons. The van der Waals surface area contributed by atoms with Crippen molar-refractivity contribution in [3.05, 3.63) is 0 Å². The molecule has 0 aromatic heterocycles. The summed E-state index contributed by atoms with van der Waals surface area (Å²) < 4.78 is 5.48. The van der Waals surface area contributed by atoms with Gasteiger partial charge >= 0.3 is 0 Å². The molecule has 1 unspecified atom stereocenters. The lowest BCUT2D eigenvalue weighted by Gasteiger charge is -2.14. The van der Waals surface area contributed by atoms with Gasteiger partial charge in [0.05, 0.1) is 6.10 Å². The summed E-state index contributed by atoms with van der Waals surface area (Å²) in [5.41, 5.74) is 5.83. The van der Waals surface area contributed by atoms with Crippen LogP contribution in [0, 0.1) is 0 Å². The summed E-state index contributed by atoms with van der Waals surface area (Å²) >= 11 is 0. The quantitative estimate of drug-likeness (QED) is 0.655. The van der Waals surface area contributed by atoms with Gasteiger partial charge in [-0.2, -0.15) is 0 Å². The minimum Gasteiger partial charge on any atom is -0.379 e. The van der Waals surface area contributed by atoms with E-state index in [-0.39, 0.29) is 0 Å². The van der Waals surface area contributed by atoms with Crippen molar-refractivity contribution < 1.29 is 4.74 Å². The van der Waals surface area contributed by atoms with Crippen LogP contribution < -0.4 is 5.73 Å². The van der Waals surface area contributed by atoms with Crippen LogP contribution in [-0.2, 0) is 4.74 Å². The number of hydrogen-bond acceptors (Lipinski definition) is 3. The lowest BCUT2D eigenvalue weighted by Crippen LogP contribution is -2.27. The van der Waals surface area contributed by atoms with Crippen LogP contribution in [0.3, 0.4) is 0 Å². The van der Waals surface area contributed by atoms with E-state index in [0.717, 1.165) is 13.2 Å². The van der Waals surface area contributed by atoms with E-state index < -0.39 is 0 Å². The van der Waals surface area contributed by atoms with Crippen molar-refractivity contribution in [2.75, 3.05) is 26.2 Å². The van der Waals surface area contributed by atoms with Crippen LogP contribution in [0.25, 0.3) is 0 Å². The molecule has 1 heterocycles. The first-order valence-corrected chi connectivity index (χ1v) is 5.78. The molecule has 1 aliphatic heterocycles. The summed E-state index contributed by atoms with van der Waals surface area (Å²) in [7, 11) is 0. The maximum absolute atomic E-state index is 5.83. The smallest absolute Gasteiger partial charge is 0.0518 e. The first kappa shape index (κ1) is 12.0. The Bertz CT molecular complexity index is 150. The number of hydrogen-bond donors (Lipinski definition) is 1. The average molecular weight is 200 g/mol. The highest BCUT2D eigenvalue weighted by Crippen LogP contribution is 2.07. The van der Waals surface area contributed by atoms with Crippen LogP contribution in [0.4, 0.5) is 0 Å². The summed E-state index contributed by atoms with van der Waals surface area (Å²) in [6.07, 6.45) is 3.95. The predicted molar refractivity (Wildman–Crippen MR) is 59.4 cm³/mol. The van der Waals surface area contributed by atoms with Gasteiger partial charge in [0, 0.05) is 19.2 Å². The third-order valence-corrected chi connectivity index (χ3v) is 2.63. The zero-order valence-corrected chi connectivity index (χ0v) is 9.54. The Kier molecular flexibility index (Phi) is 5.45. The van der Waals surface area contributed by atoms with Gasteiger partial charge in [0.25, 0.3) is 0 Å². The second kappa shape index (κ2) is 6.38. The lowest BCUT2D eigenvalue weighted by molar-refractivity contribution is 0.0746. The largest absolute Gasteiger partial charge is 0.379 e. The summed E-state index contributed by atoms with van der Waals surface area (Å²) in [4.78, 5) is 2.46. The highest BCUT2D eigenvalue weighted by molar-refractivity contribution is 4.77. The predicted octanol–water partition coefficient (Wildman–Crippen LogP) is 1.22. The van der Waals surface area contributed by atoms with Crippen LogP contribution >= 0.6 is 0 Å². The molecule has 2 N–H and O–H groups in total. The fourth-order valence-electron chi connectivity index (χ4n) is 1.82. The molecule has 14 heavy (non-hydrogen) atoms. The first-order valence-electron chi connectivity index (χ1n) is 5.78. The van der Waals surface area contributed by atoms with Crippen LogP contribution in [0.2, 0.25) is 0 Å². The van der Waals surface area contributed by atoms with Crippen molar-refractivity contribution >= 4 is 0 Å². The van der Waals surface area contributed by atoms with Crippen molar-refractivity contribution in [2.24, 2.45) is 5.73 Å². The van der Waals surface area contributed by atoms with Gasteiger partial charge in [-0.25, -0.2) is 0 Å². The third kappa shape index (κ3) is 4.94. The molecule has 1 rings (SSSR count). The maximum Gasteiger partial charge on any atom is 0.0518 e. The molecule has 1 saturated heterocycles. The SMILES string of the molecule is CC(C)OCCCCN1CCC(N)C1. The van der Waals surface area contributed by atoms with Gasteiger partial charge in [0.2, 0.25) is 0 Å². The van der Waals surface area contributed by atoms with Gasteiger partial charge in [-0.05, 0) is 46.2 Å². The molecule has 0 spiro atoms. The Morgan fingerprint density at radius 1 is 1.43 bits per heavy atom. The van der Waals surface area contributed by atoms with E-state index in [9.17, 15) is 0 Å². The number of nitrogens with two attached hydrogens (primary N) is 1. The Balaban J connectivity index is 1.89. The summed E-state index contributed by atoms with van der Waals surface area (Å²) in [6, 6.07) is 0.418. The van der Waals surface area contributed by atoms with Gasteiger partial charge in [-0.1, -0.05) is 0 Å². The number of likely N-dealkylation sites (tertiary alicyclic amines) is 1. The molecular weight excluding hydrogens is 176 g/mol. The summed E-state index contributed by atoms with van der Waals surface area (Å²) in [5.74, 6) is 0. The van der Waals surface area contributed by atoms with E-state index in [1.54, 1.807) is 0 Å². The molecule has 0 aliphatic carbocycles.